The van der Waals surface area contributed by atoms with E-state index < -0.39 is 11.4 Å². The highest BCUT2D eigenvalue weighted by atomic mass is 16.4. The first-order valence-corrected chi connectivity index (χ1v) is 8.90. The molecule has 1 saturated heterocycles. The number of hydrogen-bond donors (Lipinski definition) is 2. The first-order valence-electron chi connectivity index (χ1n) is 8.90. The van der Waals surface area contributed by atoms with Crippen LogP contribution < -0.4 is 15.6 Å². The quantitative estimate of drug-likeness (QED) is 0.871. The Morgan fingerprint density at radius 2 is 2.00 bits per heavy atom. The molecule has 1 aliphatic rings. The van der Waals surface area contributed by atoms with Crippen LogP contribution in [0.5, 0.6) is 0 Å². The van der Waals surface area contributed by atoms with Crippen molar-refractivity contribution in [1.82, 2.24) is 9.88 Å². The number of carboxylic acid groups (broad SMARTS) is 1. The highest BCUT2D eigenvalue weighted by Gasteiger charge is 2.19. The Bertz CT molecular complexity index is 851. The molecule has 2 heterocycles. The van der Waals surface area contributed by atoms with Crippen LogP contribution in [-0.4, -0.2) is 41.8 Å². The number of nitrogens with zero attached hydrogens (tertiary/aromatic N) is 2. The number of benzene rings is 1. The standard InChI is InChI=1S/C19H25N3O3/c1-3-4-9-22-12-15(19(24)25)18(23)14-5-6-16(13(2)17(14)22)21-10-7-20-8-11-21/h5-6,12,20H,3-4,7-11H2,1-2H3,(H,24,25). The summed E-state index contributed by atoms with van der Waals surface area (Å²) in [6, 6.07) is 3.75. The van der Waals surface area contributed by atoms with Gasteiger partial charge in [0.2, 0.25) is 5.43 Å². The van der Waals surface area contributed by atoms with Crippen molar-refractivity contribution in [3.63, 3.8) is 0 Å². The first-order chi connectivity index (χ1) is 12.0. The average molecular weight is 343 g/mol. The number of piperazine rings is 1. The monoisotopic (exact) mass is 343 g/mol. The second-order valence-corrected chi connectivity index (χ2v) is 6.57. The molecule has 0 aliphatic carbocycles. The number of carboxylic acids is 1. The molecule has 1 aliphatic heterocycles. The van der Waals surface area contributed by atoms with Crippen LogP contribution in [-0.2, 0) is 6.54 Å². The molecule has 2 aromatic rings. The second-order valence-electron chi connectivity index (χ2n) is 6.57. The molecule has 0 spiro atoms. The van der Waals surface area contributed by atoms with Crippen molar-refractivity contribution in [3.05, 3.63) is 39.7 Å². The smallest absolute Gasteiger partial charge is 0.341 e. The number of aromatic nitrogens is 1. The van der Waals surface area contributed by atoms with Gasteiger partial charge in [-0.2, -0.15) is 0 Å². The van der Waals surface area contributed by atoms with Gasteiger partial charge in [-0.3, -0.25) is 4.79 Å². The molecule has 0 amide bonds. The molecule has 6 heteroatoms. The topological polar surface area (TPSA) is 74.6 Å². The summed E-state index contributed by atoms with van der Waals surface area (Å²) in [5, 5.41) is 13.2. The number of pyridine rings is 1. The number of unbranched alkanes of at least 4 members (excludes halogenated alkanes) is 1. The molecule has 0 atom stereocenters. The largest absolute Gasteiger partial charge is 0.477 e. The fourth-order valence-electron chi connectivity index (χ4n) is 3.57. The van der Waals surface area contributed by atoms with E-state index in [0.29, 0.717) is 11.9 Å². The minimum atomic E-state index is -1.17. The molecule has 3 rings (SSSR count). The second kappa shape index (κ2) is 7.27. The molecule has 134 valence electrons. The number of nitrogens with one attached hydrogen (secondary N) is 1. The number of fused-ring (bicyclic) bond motifs is 1. The maximum Gasteiger partial charge on any atom is 0.341 e. The van der Waals surface area contributed by atoms with Gasteiger partial charge in [0.15, 0.2) is 0 Å². The lowest BCUT2D eigenvalue weighted by Crippen LogP contribution is -2.43. The van der Waals surface area contributed by atoms with Crippen LogP contribution >= 0.6 is 0 Å². The van der Waals surface area contributed by atoms with Gasteiger partial charge < -0.3 is 19.9 Å². The van der Waals surface area contributed by atoms with Gasteiger partial charge in [-0.25, -0.2) is 4.79 Å². The third kappa shape index (κ3) is 3.26. The Balaban J connectivity index is 2.22. The molecule has 1 fully saturated rings. The van der Waals surface area contributed by atoms with Gasteiger partial charge in [-0.1, -0.05) is 13.3 Å². The fourth-order valence-corrected chi connectivity index (χ4v) is 3.57. The SMILES string of the molecule is CCCCn1cc(C(=O)O)c(=O)c2ccc(N3CCNCC3)c(C)c21. The third-order valence-corrected chi connectivity index (χ3v) is 4.90. The molecule has 0 bridgehead atoms. The lowest BCUT2D eigenvalue weighted by atomic mass is 10.0. The van der Waals surface area contributed by atoms with Gasteiger partial charge in [0.05, 0.1) is 5.52 Å². The molecule has 0 radical (unpaired) electrons. The molecule has 25 heavy (non-hydrogen) atoms. The van der Waals surface area contributed by atoms with Crippen molar-refractivity contribution in [1.29, 1.82) is 0 Å². The van der Waals surface area contributed by atoms with E-state index in [1.165, 1.54) is 6.20 Å². The molecule has 0 unspecified atom stereocenters. The summed E-state index contributed by atoms with van der Waals surface area (Å²) in [6.45, 7) is 8.58. The van der Waals surface area contributed by atoms with Crippen LogP contribution in [0.3, 0.4) is 0 Å². The number of anilines is 1. The predicted octanol–water partition coefficient (Wildman–Crippen LogP) is 2.22. The molecule has 1 aromatic carbocycles. The maximum absolute atomic E-state index is 12.6. The normalized spacial score (nSPS) is 14.9. The van der Waals surface area contributed by atoms with E-state index in [-0.39, 0.29) is 5.56 Å². The molecule has 1 aromatic heterocycles. The zero-order valence-electron chi connectivity index (χ0n) is 14.8. The predicted molar refractivity (Wildman–Crippen MR) is 99.9 cm³/mol. The van der Waals surface area contributed by atoms with Gasteiger partial charge >= 0.3 is 5.97 Å². The van der Waals surface area contributed by atoms with Gasteiger partial charge in [-0.15, -0.1) is 0 Å². The number of aromatic carboxylic acids is 1. The van der Waals surface area contributed by atoms with Gasteiger partial charge in [0.1, 0.15) is 5.56 Å². The van der Waals surface area contributed by atoms with Crippen molar-refractivity contribution in [3.8, 4) is 0 Å². The maximum atomic E-state index is 12.6. The molecule has 0 saturated carbocycles. The Morgan fingerprint density at radius 1 is 1.28 bits per heavy atom. The summed E-state index contributed by atoms with van der Waals surface area (Å²) in [5.74, 6) is -1.17. The van der Waals surface area contributed by atoms with Gasteiger partial charge in [-0.05, 0) is 31.0 Å². The average Bonchev–Trinajstić information content (AvgIpc) is 2.62. The van der Waals surface area contributed by atoms with Crippen molar-refractivity contribution in [2.75, 3.05) is 31.1 Å². The first kappa shape index (κ1) is 17.5. The number of hydrogen-bond acceptors (Lipinski definition) is 4. The Morgan fingerprint density at radius 3 is 2.64 bits per heavy atom. The third-order valence-electron chi connectivity index (χ3n) is 4.90. The summed E-state index contributed by atoms with van der Waals surface area (Å²) < 4.78 is 1.95. The minimum Gasteiger partial charge on any atom is -0.477 e. The zero-order chi connectivity index (χ0) is 18.0. The fraction of sp³-hybridized carbons (Fsp3) is 0.474. The van der Waals surface area contributed by atoms with E-state index in [1.807, 2.05) is 17.6 Å². The number of rotatable bonds is 5. The van der Waals surface area contributed by atoms with Crippen LogP contribution in [0.1, 0.15) is 35.7 Å². The van der Waals surface area contributed by atoms with Crippen molar-refractivity contribution < 1.29 is 9.90 Å². The molecular formula is C19H25N3O3. The Hall–Kier alpha value is -2.34. The highest BCUT2D eigenvalue weighted by Crippen LogP contribution is 2.28. The molecule has 2 N–H and O–H groups in total. The summed E-state index contributed by atoms with van der Waals surface area (Å²) in [6.07, 6.45) is 3.46. The Labute approximate surface area is 147 Å². The van der Waals surface area contributed by atoms with E-state index >= 15 is 0 Å². The van der Waals surface area contributed by atoms with E-state index in [1.54, 1.807) is 6.07 Å². The lowest BCUT2D eigenvalue weighted by molar-refractivity contribution is 0.0695. The van der Waals surface area contributed by atoms with Crippen molar-refractivity contribution >= 4 is 22.6 Å². The summed E-state index contributed by atoms with van der Waals surface area (Å²) in [4.78, 5) is 26.4. The van der Waals surface area contributed by atoms with Gasteiger partial charge in [0.25, 0.3) is 0 Å². The summed E-state index contributed by atoms with van der Waals surface area (Å²) in [5.41, 5.74) is 2.48. The summed E-state index contributed by atoms with van der Waals surface area (Å²) in [7, 11) is 0. The zero-order valence-corrected chi connectivity index (χ0v) is 14.8. The summed E-state index contributed by atoms with van der Waals surface area (Å²) >= 11 is 0. The van der Waals surface area contributed by atoms with E-state index in [2.05, 4.69) is 17.1 Å². The number of carbonyl (C=O) groups is 1. The lowest BCUT2D eigenvalue weighted by Gasteiger charge is -2.31. The number of aryl methyl sites for hydroxylation is 2. The molecule has 6 nitrogen and oxygen atoms in total. The Kier molecular flexibility index (Phi) is 5.08. The van der Waals surface area contributed by atoms with Gasteiger partial charge in [0, 0.05) is 50.0 Å². The van der Waals surface area contributed by atoms with Crippen molar-refractivity contribution in [2.24, 2.45) is 0 Å². The minimum absolute atomic E-state index is 0.155. The highest BCUT2D eigenvalue weighted by molar-refractivity contribution is 5.95. The van der Waals surface area contributed by atoms with Crippen LogP contribution in [0.4, 0.5) is 5.69 Å². The van der Waals surface area contributed by atoms with E-state index in [9.17, 15) is 14.7 Å². The van der Waals surface area contributed by atoms with E-state index in [4.69, 9.17) is 0 Å². The van der Waals surface area contributed by atoms with Crippen LogP contribution in [0.2, 0.25) is 0 Å². The van der Waals surface area contributed by atoms with Crippen LogP contribution in [0, 0.1) is 6.92 Å². The van der Waals surface area contributed by atoms with E-state index in [0.717, 1.165) is 55.8 Å². The van der Waals surface area contributed by atoms with Crippen molar-refractivity contribution in [2.45, 2.75) is 33.2 Å². The molecular weight excluding hydrogens is 318 g/mol. The van der Waals surface area contributed by atoms with Crippen LogP contribution in [0.25, 0.3) is 10.9 Å². The van der Waals surface area contributed by atoms with Crippen LogP contribution in [0.15, 0.2) is 23.1 Å².